The van der Waals surface area contributed by atoms with Crippen molar-refractivity contribution in [2.45, 2.75) is 11.3 Å². The van der Waals surface area contributed by atoms with Gasteiger partial charge in [0.15, 0.2) is 11.5 Å². The molecule has 0 unspecified atom stereocenters. The lowest BCUT2D eigenvalue weighted by Gasteiger charge is -2.12. The lowest BCUT2D eigenvalue weighted by Crippen LogP contribution is -2.13. The number of nitrogens with one attached hydrogen (secondary N) is 1. The van der Waals surface area contributed by atoms with Crippen LogP contribution in [0.3, 0.4) is 0 Å². The van der Waals surface area contributed by atoms with Crippen LogP contribution < -0.4 is 14.2 Å². The third-order valence-electron chi connectivity index (χ3n) is 3.20. The van der Waals surface area contributed by atoms with Gasteiger partial charge in [-0.25, -0.2) is 8.42 Å². The van der Waals surface area contributed by atoms with Crippen LogP contribution in [0, 0.1) is 0 Å². The summed E-state index contributed by atoms with van der Waals surface area (Å²) >= 11 is 11.9. The molecule has 0 aliphatic carbocycles. The van der Waals surface area contributed by atoms with Crippen molar-refractivity contribution in [2.75, 3.05) is 17.9 Å². The van der Waals surface area contributed by atoms with Crippen molar-refractivity contribution in [1.29, 1.82) is 0 Å². The van der Waals surface area contributed by atoms with Gasteiger partial charge in [-0.2, -0.15) is 0 Å². The van der Waals surface area contributed by atoms with E-state index in [4.69, 9.17) is 32.7 Å². The lowest BCUT2D eigenvalue weighted by atomic mass is 10.3. The molecule has 0 fully saturated rings. The molecule has 8 heteroatoms. The van der Waals surface area contributed by atoms with Crippen LogP contribution in [0.1, 0.15) is 6.42 Å². The van der Waals surface area contributed by atoms with Gasteiger partial charge < -0.3 is 9.47 Å². The second kappa shape index (κ2) is 6.47. The van der Waals surface area contributed by atoms with Gasteiger partial charge in [-0.1, -0.05) is 23.2 Å². The Morgan fingerprint density at radius 3 is 2.48 bits per heavy atom. The summed E-state index contributed by atoms with van der Waals surface area (Å²) in [6, 6.07) is 9.01. The highest BCUT2D eigenvalue weighted by Crippen LogP contribution is 2.33. The summed E-state index contributed by atoms with van der Waals surface area (Å²) in [5, 5.41) is 0.637. The number of ether oxygens (including phenoxy) is 2. The molecule has 0 amide bonds. The Labute approximate surface area is 144 Å². The average molecular weight is 374 g/mol. The summed E-state index contributed by atoms with van der Waals surface area (Å²) in [7, 11) is -3.83. The highest BCUT2D eigenvalue weighted by atomic mass is 35.5. The molecule has 1 N–H and O–H groups in total. The predicted molar refractivity (Wildman–Crippen MR) is 89.3 cm³/mol. The van der Waals surface area contributed by atoms with Crippen LogP contribution in [-0.2, 0) is 10.0 Å². The fraction of sp³-hybridized carbons (Fsp3) is 0.200. The minimum absolute atomic E-state index is 0.0535. The molecule has 0 aromatic heterocycles. The third-order valence-corrected chi connectivity index (χ3v) is 5.13. The number of rotatable bonds is 3. The number of fused-ring (bicyclic) bond motifs is 1. The molecule has 0 bridgehead atoms. The molecular formula is C15H13Cl2NO4S. The molecule has 122 valence electrons. The Bertz CT molecular complexity index is 839. The van der Waals surface area contributed by atoms with Gasteiger partial charge in [0.1, 0.15) is 0 Å². The fourth-order valence-electron chi connectivity index (χ4n) is 2.09. The highest BCUT2D eigenvalue weighted by molar-refractivity contribution is 7.92. The lowest BCUT2D eigenvalue weighted by molar-refractivity contribution is 0.297. The van der Waals surface area contributed by atoms with E-state index in [9.17, 15) is 8.42 Å². The average Bonchev–Trinajstić information content (AvgIpc) is 2.75. The normalized spacial score (nSPS) is 14.2. The number of sulfonamides is 1. The first kappa shape index (κ1) is 16.2. The monoisotopic (exact) mass is 373 g/mol. The van der Waals surface area contributed by atoms with Crippen LogP contribution in [0.2, 0.25) is 10.0 Å². The van der Waals surface area contributed by atoms with Gasteiger partial charge in [-0.15, -0.1) is 0 Å². The standard InChI is InChI=1S/C15H13Cl2NO4S/c16-10-2-4-12(17)13(8-10)18-23(19,20)11-3-5-14-15(9-11)22-7-1-6-21-14/h2-5,8-9,18H,1,6-7H2. The van der Waals surface area contributed by atoms with Crippen molar-refractivity contribution in [1.82, 2.24) is 0 Å². The smallest absolute Gasteiger partial charge is 0.262 e. The van der Waals surface area contributed by atoms with Crippen LogP contribution in [0.4, 0.5) is 5.69 Å². The SMILES string of the molecule is O=S(=O)(Nc1cc(Cl)ccc1Cl)c1ccc2c(c1)OCCCO2. The first-order valence-electron chi connectivity index (χ1n) is 6.83. The summed E-state index contributed by atoms with van der Waals surface area (Å²) in [5.74, 6) is 0.935. The van der Waals surface area contributed by atoms with Crippen molar-refractivity contribution in [3.05, 3.63) is 46.4 Å². The molecule has 0 atom stereocenters. The fourth-order valence-corrected chi connectivity index (χ4v) is 3.57. The van der Waals surface area contributed by atoms with Crippen molar-refractivity contribution in [3.8, 4) is 11.5 Å². The first-order valence-corrected chi connectivity index (χ1v) is 9.07. The number of hydrogen-bond acceptors (Lipinski definition) is 4. The minimum Gasteiger partial charge on any atom is -0.490 e. The molecule has 23 heavy (non-hydrogen) atoms. The zero-order valence-electron chi connectivity index (χ0n) is 11.9. The number of hydrogen-bond donors (Lipinski definition) is 1. The molecule has 5 nitrogen and oxygen atoms in total. The third kappa shape index (κ3) is 3.65. The molecule has 0 radical (unpaired) electrons. The van der Waals surface area contributed by atoms with Gasteiger partial charge in [0.2, 0.25) is 0 Å². The highest BCUT2D eigenvalue weighted by Gasteiger charge is 2.20. The maximum Gasteiger partial charge on any atom is 0.262 e. The molecule has 2 aromatic carbocycles. The Morgan fingerprint density at radius 1 is 0.957 bits per heavy atom. The van der Waals surface area contributed by atoms with Crippen molar-refractivity contribution < 1.29 is 17.9 Å². The van der Waals surface area contributed by atoms with Crippen LogP contribution in [0.25, 0.3) is 0 Å². The predicted octanol–water partition coefficient (Wildman–Crippen LogP) is 3.96. The van der Waals surface area contributed by atoms with E-state index >= 15 is 0 Å². The molecule has 1 aliphatic heterocycles. The van der Waals surface area contributed by atoms with Crippen LogP contribution in [0.5, 0.6) is 11.5 Å². The van der Waals surface area contributed by atoms with Crippen molar-refractivity contribution in [3.63, 3.8) is 0 Å². The van der Waals surface area contributed by atoms with Crippen LogP contribution in [0.15, 0.2) is 41.3 Å². The topological polar surface area (TPSA) is 64.6 Å². The van der Waals surface area contributed by atoms with Gasteiger partial charge in [0, 0.05) is 17.5 Å². The van der Waals surface area contributed by atoms with Gasteiger partial charge in [-0.05, 0) is 30.3 Å². The summed E-state index contributed by atoms with van der Waals surface area (Å²) in [4.78, 5) is 0.0535. The van der Waals surface area contributed by atoms with Gasteiger partial charge in [0.25, 0.3) is 10.0 Å². The number of halogens is 2. The molecule has 3 rings (SSSR count). The van der Waals surface area contributed by atoms with E-state index in [1.807, 2.05) is 0 Å². The van der Waals surface area contributed by atoms with E-state index in [1.165, 1.54) is 24.3 Å². The van der Waals surface area contributed by atoms with Gasteiger partial charge in [-0.3, -0.25) is 4.72 Å². The summed E-state index contributed by atoms with van der Waals surface area (Å²) in [6.45, 7) is 1.01. The first-order chi connectivity index (χ1) is 11.0. The van der Waals surface area contributed by atoms with E-state index in [2.05, 4.69) is 4.72 Å². The minimum atomic E-state index is -3.83. The Kier molecular flexibility index (Phi) is 4.57. The zero-order valence-corrected chi connectivity index (χ0v) is 14.2. The largest absolute Gasteiger partial charge is 0.490 e. The Morgan fingerprint density at radius 2 is 1.70 bits per heavy atom. The molecule has 1 aliphatic rings. The van der Waals surface area contributed by atoms with Crippen LogP contribution >= 0.6 is 23.2 Å². The summed E-state index contributed by atoms with van der Waals surface area (Å²) in [5.41, 5.74) is 0.214. The number of anilines is 1. The van der Waals surface area contributed by atoms with Gasteiger partial charge >= 0.3 is 0 Å². The van der Waals surface area contributed by atoms with Crippen molar-refractivity contribution in [2.24, 2.45) is 0 Å². The summed E-state index contributed by atoms with van der Waals surface area (Å²) < 4.78 is 38.5. The molecule has 0 saturated carbocycles. The summed E-state index contributed by atoms with van der Waals surface area (Å²) in [6.07, 6.45) is 0.743. The molecule has 1 heterocycles. The molecular weight excluding hydrogens is 361 g/mol. The zero-order chi connectivity index (χ0) is 16.4. The van der Waals surface area contributed by atoms with E-state index < -0.39 is 10.0 Å². The Hall–Kier alpha value is -1.63. The van der Waals surface area contributed by atoms with Gasteiger partial charge in [0.05, 0.1) is 28.8 Å². The van der Waals surface area contributed by atoms with Crippen molar-refractivity contribution >= 4 is 38.9 Å². The maximum absolute atomic E-state index is 12.5. The van der Waals surface area contributed by atoms with E-state index in [0.29, 0.717) is 29.7 Å². The second-order valence-electron chi connectivity index (χ2n) is 4.89. The molecule has 0 saturated heterocycles. The molecule has 0 spiro atoms. The quantitative estimate of drug-likeness (QED) is 0.884. The Balaban J connectivity index is 1.93. The van der Waals surface area contributed by atoms with Crippen LogP contribution in [-0.4, -0.2) is 21.6 Å². The van der Waals surface area contributed by atoms with E-state index in [1.54, 1.807) is 12.1 Å². The second-order valence-corrected chi connectivity index (χ2v) is 7.41. The van der Waals surface area contributed by atoms with E-state index in [-0.39, 0.29) is 15.6 Å². The number of benzene rings is 2. The maximum atomic E-state index is 12.5. The van der Waals surface area contributed by atoms with E-state index in [0.717, 1.165) is 6.42 Å². The molecule has 2 aromatic rings.